The maximum atomic E-state index is 13.6. The van der Waals surface area contributed by atoms with Crippen LogP contribution in [0.4, 0.5) is 4.39 Å². The molecule has 0 saturated heterocycles. The van der Waals surface area contributed by atoms with Gasteiger partial charge in [0.1, 0.15) is 17.2 Å². The van der Waals surface area contributed by atoms with Gasteiger partial charge in [-0.25, -0.2) is 9.18 Å². The molecule has 4 heteroatoms. The number of ether oxygens (including phenoxy) is 1. The maximum absolute atomic E-state index is 13.6. The van der Waals surface area contributed by atoms with Crippen LogP contribution in [0.1, 0.15) is 34.8 Å². The van der Waals surface area contributed by atoms with E-state index in [0.29, 0.717) is 6.42 Å². The summed E-state index contributed by atoms with van der Waals surface area (Å²) in [5, 5.41) is 9.30. The number of rotatable bonds is 4. The summed E-state index contributed by atoms with van der Waals surface area (Å²) in [7, 11) is 0. The van der Waals surface area contributed by atoms with Gasteiger partial charge in [0.2, 0.25) is 0 Å². The Labute approximate surface area is 163 Å². The van der Waals surface area contributed by atoms with Crippen LogP contribution < -0.4 is 4.74 Å². The first-order chi connectivity index (χ1) is 13.4. The largest absolute Gasteiger partial charge is 0.486 e. The van der Waals surface area contributed by atoms with Gasteiger partial charge < -0.3 is 9.84 Å². The van der Waals surface area contributed by atoms with E-state index >= 15 is 0 Å². The minimum atomic E-state index is -0.955. The lowest BCUT2D eigenvalue weighted by molar-refractivity contribution is 0.0659. The van der Waals surface area contributed by atoms with Crippen molar-refractivity contribution in [3.8, 4) is 16.9 Å². The number of carboxylic acid groups (broad SMARTS) is 1. The quantitative estimate of drug-likeness (QED) is 0.652. The van der Waals surface area contributed by atoms with Gasteiger partial charge in [-0.2, -0.15) is 0 Å². The molecule has 1 N–H and O–H groups in total. The third-order valence-electron chi connectivity index (χ3n) is 5.26. The molecule has 142 valence electrons. The van der Waals surface area contributed by atoms with E-state index in [2.05, 4.69) is 0 Å². The Bertz CT molecular complexity index is 1040. The Balaban J connectivity index is 1.70. The van der Waals surface area contributed by atoms with E-state index in [1.807, 2.05) is 37.3 Å². The summed E-state index contributed by atoms with van der Waals surface area (Å²) in [4.78, 5) is 11.3. The molecule has 1 aliphatic rings. The van der Waals surface area contributed by atoms with Crippen molar-refractivity contribution < 1.29 is 19.0 Å². The monoisotopic (exact) mass is 376 g/mol. The molecule has 3 aromatic carbocycles. The Kier molecular flexibility index (Phi) is 4.63. The van der Waals surface area contributed by atoms with Crippen LogP contribution in [0, 0.1) is 5.82 Å². The van der Waals surface area contributed by atoms with Crippen molar-refractivity contribution in [2.75, 3.05) is 0 Å². The van der Waals surface area contributed by atoms with Crippen LogP contribution in [0.15, 0.2) is 66.7 Å². The van der Waals surface area contributed by atoms with E-state index in [1.54, 1.807) is 30.3 Å². The van der Waals surface area contributed by atoms with Gasteiger partial charge in [-0.3, -0.25) is 0 Å². The van der Waals surface area contributed by atoms with Gasteiger partial charge in [0.15, 0.2) is 0 Å². The highest BCUT2D eigenvalue weighted by Crippen LogP contribution is 2.42. The number of carboxylic acids is 1. The maximum Gasteiger partial charge on any atom is 0.335 e. The molecule has 1 atom stereocenters. The summed E-state index contributed by atoms with van der Waals surface area (Å²) in [6.07, 6.45) is 2.29. The number of carbonyl (C=O) groups is 1. The van der Waals surface area contributed by atoms with E-state index in [9.17, 15) is 14.3 Å². The fourth-order valence-electron chi connectivity index (χ4n) is 3.85. The summed E-state index contributed by atoms with van der Waals surface area (Å²) in [6.45, 7) is 2.05. The third kappa shape index (κ3) is 3.63. The van der Waals surface area contributed by atoms with E-state index < -0.39 is 11.6 Å². The first kappa shape index (κ1) is 18.2. The Morgan fingerprint density at radius 1 is 1.11 bits per heavy atom. The zero-order valence-corrected chi connectivity index (χ0v) is 15.6. The number of halogens is 1. The summed E-state index contributed by atoms with van der Waals surface area (Å²) >= 11 is 0. The second-order valence-electron chi connectivity index (χ2n) is 7.54. The van der Waals surface area contributed by atoms with Crippen molar-refractivity contribution in [3.63, 3.8) is 0 Å². The predicted molar refractivity (Wildman–Crippen MR) is 106 cm³/mol. The molecule has 1 aliphatic heterocycles. The Morgan fingerprint density at radius 2 is 1.89 bits per heavy atom. The lowest BCUT2D eigenvalue weighted by atomic mass is 9.85. The predicted octanol–water partition coefficient (Wildman–Crippen LogP) is 5.52. The summed E-state index contributed by atoms with van der Waals surface area (Å²) in [5.41, 5.74) is 3.48. The number of aromatic carboxylic acids is 1. The Morgan fingerprint density at radius 3 is 2.68 bits per heavy atom. The molecule has 3 aromatic rings. The van der Waals surface area contributed by atoms with Crippen LogP contribution >= 0.6 is 0 Å². The van der Waals surface area contributed by atoms with Crippen molar-refractivity contribution in [2.24, 2.45) is 0 Å². The molecule has 0 aromatic heterocycles. The first-order valence-electron chi connectivity index (χ1n) is 9.33. The van der Waals surface area contributed by atoms with E-state index in [1.165, 1.54) is 6.07 Å². The molecule has 0 amide bonds. The molecular weight excluding hydrogens is 355 g/mol. The fourth-order valence-corrected chi connectivity index (χ4v) is 3.85. The zero-order chi connectivity index (χ0) is 19.7. The fraction of sp³-hybridized carbons (Fsp3) is 0.208. The second kappa shape index (κ2) is 7.12. The highest BCUT2D eigenvalue weighted by Gasteiger charge is 2.33. The van der Waals surface area contributed by atoms with Crippen molar-refractivity contribution in [1.29, 1.82) is 0 Å². The minimum absolute atomic E-state index is 0.244. The number of hydrogen-bond acceptors (Lipinski definition) is 2. The van der Waals surface area contributed by atoms with Crippen molar-refractivity contribution in [2.45, 2.75) is 31.8 Å². The standard InChI is InChI=1S/C24H21FO3/c1-24(15-16-5-2-9-20(25)13-16)12-11-17-6-4-10-21(22(17)28-24)18-7-3-8-19(14-18)23(26)27/h2-10,13-14H,11-12,15H2,1H3,(H,26,27)/t24-/m0/s1. The van der Waals surface area contributed by atoms with Gasteiger partial charge in [-0.15, -0.1) is 0 Å². The normalized spacial score (nSPS) is 18.2. The van der Waals surface area contributed by atoms with Crippen LogP contribution in [0.5, 0.6) is 5.75 Å². The van der Waals surface area contributed by atoms with Crippen molar-refractivity contribution in [1.82, 2.24) is 0 Å². The smallest absolute Gasteiger partial charge is 0.335 e. The number of benzene rings is 3. The Hall–Kier alpha value is -3.14. The molecule has 0 unspecified atom stereocenters. The lowest BCUT2D eigenvalue weighted by Crippen LogP contribution is -2.38. The van der Waals surface area contributed by atoms with Gasteiger partial charge in [0.25, 0.3) is 0 Å². The van der Waals surface area contributed by atoms with Crippen LogP contribution in [0.2, 0.25) is 0 Å². The molecule has 0 aliphatic carbocycles. The second-order valence-corrected chi connectivity index (χ2v) is 7.54. The highest BCUT2D eigenvalue weighted by molar-refractivity contribution is 5.90. The van der Waals surface area contributed by atoms with Crippen LogP contribution in [0.3, 0.4) is 0 Å². The average molecular weight is 376 g/mol. The molecule has 0 bridgehead atoms. The molecule has 0 fully saturated rings. The molecule has 1 heterocycles. The van der Waals surface area contributed by atoms with Crippen molar-refractivity contribution >= 4 is 5.97 Å². The summed E-state index contributed by atoms with van der Waals surface area (Å²) in [6, 6.07) is 19.5. The van der Waals surface area contributed by atoms with Gasteiger partial charge in [0, 0.05) is 12.0 Å². The number of hydrogen-bond donors (Lipinski definition) is 1. The van der Waals surface area contributed by atoms with Gasteiger partial charge in [-0.1, -0.05) is 42.5 Å². The zero-order valence-electron chi connectivity index (χ0n) is 15.6. The SMILES string of the molecule is C[C@@]1(Cc2cccc(F)c2)CCc2cccc(-c3cccc(C(=O)O)c3)c2O1. The topological polar surface area (TPSA) is 46.5 Å². The number of para-hydroxylation sites is 1. The van der Waals surface area contributed by atoms with Gasteiger partial charge in [-0.05, 0) is 60.7 Å². The minimum Gasteiger partial charge on any atom is -0.486 e. The third-order valence-corrected chi connectivity index (χ3v) is 5.26. The first-order valence-corrected chi connectivity index (χ1v) is 9.33. The van der Waals surface area contributed by atoms with E-state index in [-0.39, 0.29) is 11.4 Å². The molecule has 3 nitrogen and oxygen atoms in total. The molecular formula is C24H21FO3. The van der Waals surface area contributed by atoms with Crippen LogP contribution in [-0.4, -0.2) is 16.7 Å². The number of fused-ring (bicyclic) bond motifs is 1. The summed E-state index contributed by atoms with van der Waals surface area (Å²) in [5.74, 6) is -0.415. The van der Waals surface area contributed by atoms with E-state index in [4.69, 9.17) is 4.74 Å². The highest BCUT2D eigenvalue weighted by atomic mass is 19.1. The van der Waals surface area contributed by atoms with Crippen LogP contribution in [-0.2, 0) is 12.8 Å². The molecule has 4 rings (SSSR count). The number of aryl methyl sites for hydroxylation is 1. The summed E-state index contributed by atoms with van der Waals surface area (Å²) < 4.78 is 20.1. The van der Waals surface area contributed by atoms with Gasteiger partial charge >= 0.3 is 5.97 Å². The average Bonchev–Trinajstić information content (AvgIpc) is 2.67. The van der Waals surface area contributed by atoms with Gasteiger partial charge in [0.05, 0.1) is 5.56 Å². The molecule has 0 saturated carbocycles. The van der Waals surface area contributed by atoms with Crippen LogP contribution in [0.25, 0.3) is 11.1 Å². The van der Waals surface area contributed by atoms with Crippen molar-refractivity contribution in [3.05, 3.63) is 89.2 Å². The molecule has 28 heavy (non-hydrogen) atoms. The molecule has 0 spiro atoms. The lowest BCUT2D eigenvalue weighted by Gasteiger charge is -2.37. The van der Waals surface area contributed by atoms with E-state index in [0.717, 1.165) is 40.8 Å². The molecule has 0 radical (unpaired) electrons.